The van der Waals surface area contributed by atoms with Crippen molar-refractivity contribution < 1.29 is 24.5 Å². The zero-order chi connectivity index (χ0) is 24.4. The Morgan fingerprint density at radius 1 is 1.17 bits per heavy atom. The molecule has 0 radical (unpaired) electrons. The molecule has 178 valence electrons. The SMILES string of the molecule is O=C(O)[C@H](CO)N=Cc1ccc2snc(Nc3cccc(-c4ccc5c(c4)OCCO5)c3Cl)c2c1. The number of anilines is 2. The van der Waals surface area contributed by atoms with Crippen molar-refractivity contribution in [3.05, 3.63) is 65.2 Å². The average molecular weight is 510 g/mol. The van der Waals surface area contributed by atoms with Crippen LogP contribution >= 0.6 is 23.1 Å². The zero-order valence-corrected chi connectivity index (χ0v) is 19.8. The summed E-state index contributed by atoms with van der Waals surface area (Å²) in [5.41, 5.74) is 3.12. The highest BCUT2D eigenvalue weighted by Gasteiger charge is 2.17. The van der Waals surface area contributed by atoms with E-state index in [0.717, 1.165) is 21.2 Å². The van der Waals surface area contributed by atoms with Gasteiger partial charge in [0.05, 0.1) is 22.0 Å². The number of carbonyl (C=O) groups is 1. The Bertz CT molecular complexity index is 1440. The number of aliphatic hydroxyl groups excluding tert-OH is 1. The molecule has 0 amide bonds. The van der Waals surface area contributed by atoms with Crippen molar-refractivity contribution in [3.63, 3.8) is 0 Å². The van der Waals surface area contributed by atoms with E-state index in [9.17, 15) is 9.90 Å². The fourth-order valence-electron chi connectivity index (χ4n) is 3.68. The average Bonchev–Trinajstić information content (AvgIpc) is 3.27. The Kier molecular flexibility index (Phi) is 6.54. The van der Waals surface area contributed by atoms with Gasteiger partial charge in [-0.2, -0.15) is 4.37 Å². The minimum atomic E-state index is -1.20. The van der Waals surface area contributed by atoms with Gasteiger partial charge in [0.15, 0.2) is 23.4 Å². The van der Waals surface area contributed by atoms with Crippen LogP contribution in [-0.4, -0.2) is 52.6 Å². The van der Waals surface area contributed by atoms with Gasteiger partial charge in [-0.1, -0.05) is 35.9 Å². The number of hydrogen-bond donors (Lipinski definition) is 3. The molecule has 1 aromatic heterocycles. The van der Waals surface area contributed by atoms with E-state index in [0.29, 0.717) is 46.8 Å². The third-order valence-corrected chi connectivity index (χ3v) is 6.69. The van der Waals surface area contributed by atoms with Crippen LogP contribution in [0.2, 0.25) is 5.02 Å². The van der Waals surface area contributed by atoms with Gasteiger partial charge in [0.25, 0.3) is 0 Å². The molecule has 1 aliphatic rings. The molecule has 35 heavy (non-hydrogen) atoms. The van der Waals surface area contributed by atoms with Gasteiger partial charge in [0.2, 0.25) is 0 Å². The van der Waals surface area contributed by atoms with Gasteiger partial charge in [0, 0.05) is 17.2 Å². The number of aliphatic imine (C=N–C) groups is 1. The molecule has 0 bridgehead atoms. The van der Waals surface area contributed by atoms with E-state index in [4.69, 9.17) is 26.2 Å². The molecule has 3 N–H and O–H groups in total. The lowest BCUT2D eigenvalue weighted by Crippen LogP contribution is -2.22. The molecule has 5 rings (SSSR count). The first kappa shape index (κ1) is 23.1. The molecule has 0 unspecified atom stereocenters. The molecule has 3 aromatic carbocycles. The molecule has 0 saturated heterocycles. The molecule has 2 heterocycles. The number of nitrogens with zero attached hydrogens (tertiary/aromatic N) is 2. The maximum Gasteiger partial charge on any atom is 0.330 e. The van der Waals surface area contributed by atoms with Crippen LogP contribution in [0.1, 0.15) is 5.56 Å². The summed E-state index contributed by atoms with van der Waals surface area (Å²) in [4.78, 5) is 15.0. The van der Waals surface area contributed by atoms with E-state index < -0.39 is 18.6 Å². The Balaban J connectivity index is 1.44. The number of rotatable bonds is 7. The molecule has 1 atom stereocenters. The summed E-state index contributed by atoms with van der Waals surface area (Å²) in [6, 6.07) is 15.8. The fraction of sp³-hybridized carbons (Fsp3) is 0.160. The first-order chi connectivity index (χ1) is 17.0. The first-order valence-electron chi connectivity index (χ1n) is 10.8. The molecular formula is C25H20ClN3O5S. The highest BCUT2D eigenvalue weighted by molar-refractivity contribution is 7.13. The van der Waals surface area contributed by atoms with Gasteiger partial charge in [-0.25, -0.2) is 4.79 Å². The Morgan fingerprint density at radius 3 is 2.80 bits per heavy atom. The highest BCUT2D eigenvalue weighted by Crippen LogP contribution is 2.40. The minimum absolute atomic E-state index is 0.506. The van der Waals surface area contributed by atoms with Gasteiger partial charge >= 0.3 is 5.97 Å². The number of aromatic nitrogens is 1. The molecule has 0 aliphatic carbocycles. The molecule has 10 heteroatoms. The van der Waals surface area contributed by atoms with Crippen LogP contribution in [0.3, 0.4) is 0 Å². The lowest BCUT2D eigenvalue weighted by atomic mass is 10.0. The topological polar surface area (TPSA) is 113 Å². The van der Waals surface area contributed by atoms with Crippen LogP contribution in [0.25, 0.3) is 21.2 Å². The minimum Gasteiger partial charge on any atom is -0.486 e. The summed E-state index contributed by atoms with van der Waals surface area (Å²) in [6.07, 6.45) is 1.44. The van der Waals surface area contributed by atoms with Crippen molar-refractivity contribution in [2.45, 2.75) is 6.04 Å². The Labute approximate surface area is 209 Å². The van der Waals surface area contributed by atoms with E-state index >= 15 is 0 Å². The van der Waals surface area contributed by atoms with Crippen LogP contribution < -0.4 is 14.8 Å². The maximum absolute atomic E-state index is 11.1. The quantitative estimate of drug-likeness (QED) is 0.300. The van der Waals surface area contributed by atoms with Gasteiger partial charge in [-0.05, 0) is 53.0 Å². The smallest absolute Gasteiger partial charge is 0.330 e. The van der Waals surface area contributed by atoms with E-state index in [-0.39, 0.29) is 0 Å². The predicted molar refractivity (Wildman–Crippen MR) is 137 cm³/mol. The normalized spacial score (nSPS) is 13.8. The second-order valence-electron chi connectivity index (χ2n) is 7.75. The number of aliphatic carboxylic acids is 1. The Morgan fingerprint density at radius 2 is 2.00 bits per heavy atom. The molecule has 8 nitrogen and oxygen atoms in total. The lowest BCUT2D eigenvalue weighted by molar-refractivity contribution is -0.139. The van der Waals surface area contributed by atoms with Crippen molar-refractivity contribution in [3.8, 4) is 22.6 Å². The van der Waals surface area contributed by atoms with Crippen LogP contribution in [0.15, 0.2) is 59.6 Å². The number of carboxylic acid groups (broad SMARTS) is 1. The zero-order valence-electron chi connectivity index (χ0n) is 18.3. The van der Waals surface area contributed by atoms with Crippen molar-refractivity contribution in [2.24, 2.45) is 4.99 Å². The number of benzene rings is 3. The second kappa shape index (κ2) is 9.91. The number of nitrogens with one attached hydrogen (secondary N) is 1. The van der Waals surface area contributed by atoms with E-state index in [1.54, 1.807) is 0 Å². The summed E-state index contributed by atoms with van der Waals surface area (Å²) < 4.78 is 16.8. The van der Waals surface area contributed by atoms with Crippen molar-refractivity contribution in [2.75, 3.05) is 25.1 Å². The maximum atomic E-state index is 11.1. The molecule has 0 fully saturated rings. The summed E-state index contributed by atoms with van der Waals surface area (Å²) in [5, 5.41) is 22.9. The van der Waals surface area contributed by atoms with Crippen molar-refractivity contribution in [1.29, 1.82) is 0 Å². The largest absolute Gasteiger partial charge is 0.486 e. The third-order valence-electron chi connectivity index (χ3n) is 5.46. The van der Waals surface area contributed by atoms with Gasteiger partial charge in [-0.15, -0.1) is 0 Å². The summed E-state index contributed by atoms with van der Waals surface area (Å²) in [6.45, 7) is 0.467. The number of carboxylic acids is 1. The summed E-state index contributed by atoms with van der Waals surface area (Å²) in [7, 11) is 0. The molecular weight excluding hydrogens is 490 g/mol. The van der Waals surface area contributed by atoms with E-state index in [1.807, 2.05) is 54.6 Å². The van der Waals surface area contributed by atoms with Gasteiger partial charge in [0.1, 0.15) is 13.2 Å². The number of hydrogen-bond acceptors (Lipinski definition) is 8. The van der Waals surface area contributed by atoms with Gasteiger partial charge < -0.3 is 25.0 Å². The number of halogens is 1. The fourth-order valence-corrected chi connectivity index (χ4v) is 4.68. The summed E-state index contributed by atoms with van der Waals surface area (Å²) >= 11 is 8.13. The molecule has 4 aromatic rings. The third kappa shape index (κ3) is 4.79. The van der Waals surface area contributed by atoms with Crippen LogP contribution in [0.4, 0.5) is 11.5 Å². The van der Waals surface area contributed by atoms with Crippen molar-refractivity contribution >= 4 is 56.9 Å². The van der Waals surface area contributed by atoms with Gasteiger partial charge in [-0.3, -0.25) is 4.99 Å². The lowest BCUT2D eigenvalue weighted by Gasteiger charge is -2.19. The monoisotopic (exact) mass is 509 g/mol. The first-order valence-corrected chi connectivity index (χ1v) is 11.9. The molecule has 0 spiro atoms. The standard InChI is InChI=1S/C25H20ClN3O5S/c26-23-16(15-5-6-20-21(11-15)34-9-8-33-20)2-1-3-18(23)28-24-17-10-14(4-7-22(17)35-29-24)12-27-19(13-30)25(31)32/h1-7,10-12,19,30H,8-9,13H2,(H,28,29)(H,31,32)/t19-/m0/s1. The summed E-state index contributed by atoms with van der Waals surface area (Å²) in [5.74, 6) is 0.844. The van der Waals surface area contributed by atoms with E-state index in [1.165, 1.54) is 17.7 Å². The number of fused-ring (bicyclic) bond motifs is 2. The van der Waals surface area contributed by atoms with Crippen LogP contribution in [0, 0.1) is 0 Å². The Hall–Kier alpha value is -3.66. The predicted octanol–water partition coefficient (Wildman–Crippen LogP) is 5.00. The molecule has 0 saturated carbocycles. The second-order valence-corrected chi connectivity index (χ2v) is 8.94. The van der Waals surface area contributed by atoms with Crippen LogP contribution in [0.5, 0.6) is 11.5 Å². The number of aliphatic hydroxyl groups is 1. The van der Waals surface area contributed by atoms with Crippen LogP contribution in [-0.2, 0) is 4.79 Å². The van der Waals surface area contributed by atoms with Crippen molar-refractivity contribution in [1.82, 2.24) is 4.37 Å². The number of ether oxygens (including phenoxy) is 2. The molecule has 1 aliphatic heterocycles. The van der Waals surface area contributed by atoms with E-state index in [2.05, 4.69) is 14.7 Å². The highest BCUT2D eigenvalue weighted by atomic mass is 35.5.